The number of nitrogens with zero attached hydrogens (tertiary/aromatic N) is 2. The number of fused-ring (bicyclic) bond motifs is 1. The van der Waals surface area contributed by atoms with Crippen molar-refractivity contribution in [3.8, 4) is 0 Å². The van der Waals surface area contributed by atoms with Crippen LogP contribution in [0.3, 0.4) is 0 Å². The highest BCUT2D eigenvalue weighted by atomic mass is 32.2. The van der Waals surface area contributed by atoms with Crippen LogP contribution in [0.25, 0.3) is 0 Å². The minimum absolute atomic E-state index is 0.142. The molecular formula is C21H34N6O5S. The fourth-order valence-corrected chi connectivity index (χ4v) is 5.65. The molecule has 184 valence electrons. The molecular weight excluding hydrogens is 448 g/mol. The van der Waals surface area contributed by atoms with Crippen LogP contribution in [0, 0.1) is 5.92 Å². The van der Waals surface area contributed by atoms with Crippen LogP contribution in [0.2, 0.25) is 0 Å². The van der Waals surface area contributed by atoms with E-state index in [1.54, 1.807) is 12.1 Å². The highest BCUT2D eigenvalue weighted by molar-refractivity contribution is 7.90. The lowest BCUT2D eigenvalue weighted by molar-refractivity contribution is -0.147. The summed E-state index contributed by atoms with van der Waals surface area (Å²) in [5.74, 6) is -2.71. The first-order chi connectivity index (χ1) is 15.7. The number of nitrogens with two attached hydrogens (primary N) is 3. The van der Waals surface area contributed by atoms with Gasteiger partial charge in [-0.3, -0.25) is 4.79 Å². The SMILES string of the molecule is [2H]CCC(N)C(=O)N([C@@H](CC(C)(C)N=C(N)N)C(=O)O)S(=O)(=O)c1cccc2c1NCC(C)C2. The Morgan fingerprint density at radius 3 is 2.64 bits per heavy atom. The van der Waals surface area contributed by atoms with Crippen molar-refractivity contribution in [1.82, 2.24) is 4.31 Å². The van der Waals surface area contributed by atoms with E-state index in [4.69, 9.17) is 18.6 Å². The highest BCUT2D eigenvalue weighted by Gasteiger charge is 2.45. The number of carbonyl (C=O) groups excluding carboxylic acids is 1. The van der Waals surface area contributed by atoms with Crippen molar-refractivity contribution in [3.63, 3.8) is 0 Å². The second kappa shape index (κ2) is 9.96. The number of aliphatic carboxylic acids is 1. The number of carbonyl (C=O) groups is 2. The maximum Gasteiger partial charge on any atom is 0.327 e. The summed E-state index contributed by atoms with van der Waals surface area (Å²) in [6.07, 6.45) is 0.0767. The molecule has 12 heteroatoms. The van der Waals surface area contributed by atoms with Gasteiger partial charge < -0.3 is 27.6 Å². The van der Waals surface area contributed by atoms with Crippen molar-refractivity contribution in [2.45, 2.75) is 69.5 Å². The Bertz CT molecular complexity index is 1060. The van der Waals surface area contributed by atoms with Crippen LogP contribution in [-0.2, 0) is 26.0 Å². The van der Waals surface area contributed by atoms with Crippen molar-refractivity contribution >= 4 is 33.5 Å². The number of benzene rings is 1. The number of anilines is 1. The number of carboxylic acids is 1. The molecule has 0 aromatic heterocycles. The standard InChI is InChI=1S/C21H34N6O5S/c1-5-14(22)18(28)27(15(19(29)30)10-21(3,4)26-20(23)24)33(31,32)16-8-6-7-13-9-12(2)11-25-17(13)16/h6-8,12,14-15,25H,5,9-11,22H2,1-4H3,(H,29,30)(H4,23,24,26)/t12?,14?,15-/m0/s1/i1D. The average molecular weight is 484 g/mol. The van der Waals surface area contributed by atoms with Gasteiger partial charge in [0.25, 0.3) is 15.9 Å². The summed E-state index contributed by atoms with van der Waals surface area (Å²) in [7, 11) is -4.68. The molecule has 0 spiro atoms. The van der Waals surface area contributed by atoms with E-state index in [1.807, 2.05) is 6.92 Å². The minimum atomic E-state index is -4.68. The van der Waals surface area contributed by atoms with Crippen LogP contribution in [0.15, 0.2) is 28.1 Å². The molecule has 1 amide bonds. The number of sulfonamides is 1. The molecule has 11 nitrogen and oxygen atoms in total. The van der Waals surface area contributed by atoms with E-state index in [-0.39, 0.29) is 30.1 Å². The Morgan fingerprint density at radius 2 is 2.06 bits per heavy atom. The molecule has 0 aliphatic carbocycles. The van der Waals surface area contributed by atoms with E-state index in [1.165, 1.54) is 19.9 Å². The van der Waals surface area contributed by atoms with Crippen LogP contribution in [0.5, 0.6) is 0 Å². The van der Waals surface area contributed by atoms with Gasteiger partial charge in [0.2, 0.25) is 0 Å². The Kier molecular flexibility index (Phi) is 7.48. The third-order valence-corrected chi connectivity index (χ3v) is 7.23. The summed E-state index contributed by atoms with van der Waals surface area (Å²) in [6, 6.07) is 1.44. The second-order valence-electron chi connectivity index (χ2n) is 8.92. The van der Waals surface area contributed by atoms with Crippen molar-refractivity contribution in [1.29, 1.82) is 0 Å². The Labute approximate surface area is 195 Å². The molecule has 2 unspecified atom stereocenters. The quantitative estimate of drug-likeness (QED) is 0.244. The molecule has 0 radical (unpaired) electrons. The summed E-state index contributed by atoms with van der Waals surface area (Å²) in [5, 5.41) is 13.1. The molecule has 0 fully saturated rings. The zero-order valence-electron chi connectivity index (χ0n) is 20.1. The first-order valence-corrected chi connectivity index (χ1v) is 12.0. The molecule has 33 heavy (non-hydrogen) atoms. The van der Waals surface area contributed by atoms with Crippen LogP contribution in [0.4, 0.5) is 5.69 Å². The zero-order valence-corrected chi connectivity index (χ0v) is 19.9. The molecule has 0 bridgehead atoms. The number of aliphatic imine (C=N–C) groups is 1. The molecule has 8 N–H and O–H groups in total. The lowest BCUT2D eigenvalue weighted by Crippen LogP contribution is -2.55. The number of amides is 1. The van der Waals surface area contributed by atoms with E-state index >= 15 is 0 Å². The van der Waals surface area contributed by atoms with Crippen LogP contribution >= 0.6 is 0 Å². The fourth-order valence-electron chi connectivity index (χ4n) is 3.86. The van der Waals surface area contributed by atoms with Gasteiger partial charge in [-0.05, 0) is 44.2 Å². The maximum atomic E-state index is 13.9. The average Bonchev–Trinajstić information content (AvgIpc) is 2.71. The number of para-hydroxylation sites is 1. The van der Waals surface area contributed by atoms with Gasteiger partial charge in [-0.2, -0.15) is 0 Å². The van der Waals surface area contributed by atoms with Crippen molar-refractivity contribution in [2.24, 2.45) is 28.1 Å². The summed E-state index contributed by atoms with van der Waals surface area (Å²) < 4.78 is 35.5. The molecule has 1 aliphatic heterocycles. The van der Waals surface area contributed by atoms with E-state index in [0.717, 1.165) is 5.56 Å². The Morgan fingerprint density at radius 1 is 1.39 bits per heavy atom. The van der Waals surface area contributed by atoms with E-state index in [9.17, 15) is 23.1 Å². The number of hydrogen-bond donors (Lipinski definition) is 5. The smallest absolute Gasteiger partial charge is 0.327 e. The predicted molar refractivity (Wildman–Crippen MR) is 126 cm³/mol. The fraction of sp³-hybridized carbons (Fsp3) is 0.571. The molecule has 3 atom stereocenters. The lowest BCUT2D eigenvalue weighted by Gasteiger charge is -2.34. The lowest BCUT2D eigenvalue weighted by atomic mass is 9.95. The van der Waals surface area contributed by atoms with E-state index in [2.05, 4.69) is 10.3 Å². The first kappa shape index (κ1) is 24.8. The number of hydrogen-bond acceptors (Lipinski definition) is 7. The van der Waals surface area contributed by atoms with Gasteiger partial charge in [0.15, 0.2) is 5.96 Å². The number of rotatable bonds is 9. The number of nitrogens with one attached hydrogen (secondary N) is 1. The summed E-state index contributed by atoms with van der Waals surface area (Å²) in [6.45, 7) is 5.34. The van der Waals surface area contributed by atoms with Crippen LogP contribution < -0.4 is 22.5 Å². The second-order valence-corrected chi connectivity index (χ2v) is 10.7. The summed E-state index contributed by atoms with van der Waals surface area (Å²) >= 11 is 0. The van der Waals surface area contributed by atoms with E-state index in [0.29, 0.717) is 23.0 Å². The van der Waals surface area contributed by atoms with Crippen molar-refractivity contribution < 1.29 is 24.5 Å². The maximum absolute atomic E-state index is 13.9. The number of carboxylic acid groups (broad SMARTS) is 1. The monoisotopic (exact) mass is 483 g/mol. The van der Waals surface area contributed by atoms with E-state index < -0.39 is 45.9 Å². The van der Waals surface area contributed by atoms with Gasteiger partial charge in [-0.25, -0.2) is 22.5 Å². The molecule has 0 saturated carbocycles. The third-order valence-electron chi connectivity index (χ3n) is 5.38. The van der Waals surface area contributed by atoms with Crippen molar-refractivity contribution in [3.05, 3.63) is 23.8 Å². The summed E-state index contributed by atoms with van der Waals surface area (Å²) in [5.41, 5.74) is 16.7. The Hall–Kier alpha value is -2.86. The summed E-state index contributed by atoms with van der Waals surface area (Å²) in [4.78, 5) is 29.4. The first-order valence-electron chi connectivity index (χ1n) is 11.2. The molecule has 2 rings (SSSR count). The number of guanidine groups is 1. The zero-order chi connectivity index (χ0) is 25.8. The molecule has 1 aliphatic rings. The third kappa shape index (κ3) is 5.93. The van der Waals surface area contributed by atoms with Gasteiger partial charge in [0.05, 0.1) is 17.3 Å². The van der Waals surface area contributed by atoms with Gasteiger partial charge in [-0.1, -0.05) is 26.0 Å². The Balaban J connectivity index is 2.69. The van der Waals surface area contributed by atoms with Crippen LogP contribution in [-0.4, -0.2) is 59.8 Å². The van der Waals surface area contributed by atoms with Gasteiger partial charge >= 0.3 is 5.97 Å². The molecule has 1 aromatic carbocycles. The predicted octanol–water partition coefficient (Wildman–Crippen LogP) is 0.441. The van der Waals surface area contributed by atoms with Gasteiger partial charge in [0.1, 0.15) is 10.9 Å². The van der Waals surface area contributed by atoms with Gasteiger partial charge in [-0.15, -0.1) is 0 Å². The normalized spacial score (nSPS) is 18.2. The van der Waals surface area contributed by atoms with Crippen LogP contribution in [0.1, 0.15) is 47.4 Å². The largest absolute Gasteiger partial charge is 0.480 e. The highest BCUT2D eigenvalue weighted by Crippen LogP contribution is 2.35. The molecule has 0 saturated heterocycles. The minimum Gasteiger partial charge on any atom is -0.480 e. The molecule has 1 heterocycles. The van der Waals surface area contributed by atoms with Gasteiger partial charge in [0, 0.05) is 14.3 Å². The van der Waals surface area contributed by atoms with Crippen molar-refractivity contribution in [2.75, 3.05) is 11.9 Å². The topological polar surface area (TPSA) is 194 Å². The molecule has 1 aromatic rings.